The van der Waals surface area contributed by atoms with Crippen molar-refractivity contribution in [3.63, 3.8) is 0 Å². The topological polar surface area (TPSA) is 20.1 Å². The third-order valence-corrected chi connectivity index (χ3v) is 5.83. The molecule has 26 heavy (non-hydrogen) atoms. The fourth-order valence-corrected chi connectivity index (χ4v) is 4.68. The highest BCUT2D eigenvalue weighted by molar-refractivity contribution is 6.44. The van der Waals surface area contributed by atoms with Gasteiger partial charge in [-0.25, -0.2) is 0 Å². The fraction of sp³-hybridized carbons (Fsp3) is 0.167. The van der Waals surface area contributed by atoms with E-state index in [1.54, 1.807) is 0 Å². The van der Waals surface area contributed by atoms with Gasteiger partial charge < -0.3 is 0 Å². The highest BCUT2D eigenvalue weighted by atomic mass is 16.3. The zero-order valence-corrected chi connectivity index (χ0v) is 15.1. The first-order valence-corrected chi connectivity index (χ1v) is 9.10. The number of benzene rings is 5. The van der Waals surface area contributed by atoms with Gasteiger partial charge in [0.1, 0.15) is 0 Å². The number of nitrogens with zero attached hydrogens (tertiary/aromatic N) is 1. The lowest BCUT2D eigenvalue weighted by Crippen LogP contribution is -2.27. The van der Waals surface area contributed by atoms with Crippen LogP contribution in [0.2, 0.25) is 0 Å². The molecule has 0 aromatic heterocycles. The van der Waals surface area contributed by atoms with Gasteiger partial charge in [0.25, 0.3) is 5.69 Å². The summed E-state index contributed by atoms with van der Waals surface area (Å²) in [5.41, 5.74) is 0.290. The minimum Gasteiger partial charge on any atom is -0.0537 e. The summed E-state index contributed by atoms with van der Waals surface area (Å²) < 4.78 is 1.17. The summed E-state index contributed by atoms with van der Waals surface area (Å²) in [7, 11) is 0. The predicted molar refractivity (Wildman–Crippen MR) is 111 cm³/mol. The zero-order valence-electron chi connectivity index (χ0n) is 15.1. The van der Waals surface area contributed by atoms with E-state index in [1.807, 2.05) is 20.8 Å². The van der Waals surface area contributed by atoms with Crippen molar-refractivity contribution in [1.82, 2.24) is 0 Å². The largest absolute Gasteiger partial charge is 0.265 e. The second-order valence-corrected chi connectivity index (χ2v) is 8.44. The van der Waals surface area contributed by atoms with E-state index in [1.165, 1.54) is 47.8 Å². The zero-order chi connectivity index (χ0) is 17.8. The highest BCUT2D eigenvalue weighted by Crippen LogP contribution is 2.50. The van der Waals surface area contributed by atoms with Gasteiger partial charge in [-0.05, 0) is 49.2 Å². The van der Waals surface area contributed by atoms with Crippen LogP contribution in [-0.2, 0) is 0 Å². The summed E-state index contributed by atoms with van der Waals surface area (Å²) in [5, 5.41) is 12.6. The minimum absolute atomic E-state index is 0.480. The van der Waals surface area contributed by atoms with Crippen molar-refractivity contribution in [1.29, 1.82) is 0 Å². The molecule has 2 heteroatoms. The van der Waals surface area contributed by atoms with Gasteiger partial charge in [0.2, 0.25) is 5.54 Å². The molecule has 2 nitrogen and oxygen atoms in total. The molecular formula is C24H18NO+. The molecule has 0 aliphatic heterocycles. The van der Waals surface area contributed by atoms with Crippen LogP contribution in [-0.4, -0.2) is 10.3 Å². The average molecular weight is 336 g/mol. The van der Waals surface area contributed by atoms with Crippen molar-refractivity contribution in [2.45, 2.75) is 26.3 Å². The lowest BCUT2D eigenvalue weighted by molar-refractivity contribution is -0.538. The standard InChI is InChI=1S/C24H18NO/c1-24(2,3)25(26)18-12-16-9-8-14-5-4-13-6-7-15-10-11-17(18)23-21(15)19(13)20(14)22(16)23/h4-12H,1-3H3/q+1. The lowest BCUT2D eigenvalue weighted by Gasteiger charge is -2.12. The third-order valence-electron chi connectivity index (χ3n) is 5.83. The molecule has 0 aliphatic rings. The van der Waals surface area contributed by atoms with Crippen LogP contribution in [0.3, 0.4) is 0 Å². The van der Waals surface area contributed by atoms with Crippen molar-refractivity contribution in [3.05, 3.63) is 59.5 Å². The Morgan fingerprint density at radius 3 is 1.58 bits per heavy atom. The monoisotopic (exact) mass is 336 g/mol. The maximum Gasteiger partial charge on any atom is 0.265 e. The second kappa shape index (κ2) is 4.21. The summed E-state index contributed by atoms with van der Waals surface area (Å²) in [4.78, 5) is 13.1. The first-order chi connectivity index (χ1) is 12.4. The van der Waals surface area contributed by atoms with Crippen LogP contribution < -0.4 is 0 Å². The summed E-state index contributed by atoms with van der Waals surface area (Å²) in [6.07, 6.45) is 0. The average Bonchev–Trinajstić information content (AvgIpc) is 3.00. The Hall–Kier alpha value is -3.00. The number of hydrogen-bond acceptors (Lipinski definition) is 1. The third kappa shape index (κ3) is 1.49. The molecule has 0 saturated carbocycles. The van der Waals surface area contributed by atoms with Crippen LogP contribution in [0.25, 0.3) is 53.9 Å². The maximum atomic E-state index is 13.1. The molecule has 124 valence electrons. The van der Waals surface area contributed by atoms with Crippen LogP contribution >= 0.6 is 0 Å². The first-order valence-electron chi connectivity index (χ1n) is 9.10. The lowest BCUT2D eigenvalue weighted by atomic mass is 9.97. The van der Waals surface area contributed by atoms with Crippen LogP contribution in [0.5, 0.6) is 0 Å². The van der Waals surface area contributed by atoms with Gasteiger partial charge in [0.05, 0.1) is 5.39 Å². The summed E-state index contributed by atoms with van der Waals surface area (Å²) >= 11 is 0. The van der Waals surface area contributed by atoms with Crippen molar-refractivity contribution < 1.29 is 4.76 Å². The van der Waals surface area contributed by atoms with Gasteiger partial charge in [0.15, 0.2) is 0 Å². The van der Waals surface area contributed by atoms with Crippen LogP contribution in [0.1, 0.15) is 20.8 Å². The van der Waals surface area contributed by atoms with Crippen LogP contribution in [0.15, 0.2) is 54.6 Å². The van der Waals surface area contributed by atoms with Crippen molar-refractivity contribution in [2.24, 2.45) is 0 Å². The SMILES string of the molecule is CC(C)(C)[N+](=O)c1cc2ccc3ccc4ccc5ccc1c1c5c4c3c21. The molecule has 0 atom stereocenters. The molecule has 6 rings (SSSR count). The molecule has 0 amide bonds. The maximum absolute atomic E-state index is 13.1. The minimum atomic E-state index is -0.480. The first kappa shape index (κ1) is 14.2. The Morgan fingerprint density at radius 2 is 1.04 bits per heavy atom. The summed E-state index contributed by atoms with van der Waals surface area (Å²) in [6, 6.07) is 19.5. The van der Waals surface area contributed by atoms with Crippen LogP contribution in [0, 0.1) is 4.91 Å². The molecule has 0 bridgehead atoms. The van der Waals surface area contributed by atoms with Crippen molar-refractivity contribution >= 4 is 59.5 Å². The van der Waals surface area contributed by atoms with Crippen LogP contribution in [0.4, 0.5) is 5.69 Å². The second-order valence-electron chi connectivity index (χ2n) is 8.44. The molecule has 0 unspecified atom stereocenters. The van der Waals surface area contributed by atoms with E-state index in [-0.39, 0.29) is 0 Å². The molecular weight excluding hydrogens is 318 g/mol. The summed E-state index contributed by atoms with van der Waals surface area (Å²) in [6.45, 7) is 5.90. The van der Waals surface area contributed by atoms with E-state index in [9.17, 15) is 4.91 Å². The molecule has 0 aliphatic carbocycles. The summed E-state index contributed by atoms with van der Waals surface area (Å²) in [5.74, 6) is 0. The Balaban J connectivity index is 1.98. The molecule has 0 saturated heterocycles. The van der Waals surface area contributed by atoms with Gasteiger partial charge in [-0.3, -0.25) is 0 Å². The Bertz CT molecular complexity index is 1430. The van der Waals surface area contributed by atoms with E-state index >= 15 is 0 Å². The van der Waals surface area contributed by atoms with Gasteiger partial charge in [-0.15, -0.1) is 0 Å². The quantitative estimate of drug-likeness (QED) is 0.234. The van der Waals surface area contributed by atoms with E-state index in [0.29, 0.717) is 0 Å². The molecule has 0 heterocycles. The fourth-order valence-electron chi connectivity index (χ4n) is 4.68. The van der Waals surface area contributed by atoms with Gasteiger partial charge in [0, 0.05) is 41.9 Å². The van der Waals surface area contributed by atoms with Gasteiger partial charge in [-0.2, -0.15) is 0 Å². The Labute approximate surface area is 150 Å². The Morgan fingerprint density at radius 1 is 0.615 bits per heavy atom. The van der Waals surface area contributed by atoms with E-state index in [2.05, 4.69) is 54.6 Å². The predicted octanol–water partition coefficient (Wildman–Crippen LogP) is 6.97. The molecule has 6 aromatic rings. The molecule has 0 spiro atoms. The number of nitroso groups, excluding NO2 is 1. The number of hydrogen-bond donors (Lipinski definition) is 0. The smallest absolute Gasteiger partial charge is 0.0537 e. The molecule has 0 fully saturated rings. The molecule has 6 aromatic carbocycles. The highest BCUT2D eigenvalue weighted by Gasteiger charge is 2.34. The van der Waals surface area contributed by atoms with Crippen molar-refractivity contribution in [2.75, 3.05) is 0 Å². The van der Waals surface area contributed by atoms with Crippen molar-refractivity contribution in [3.8, 4) is 0 Å². The number of rotatable bonds is 1. The Kier molecular flexibility index (Phi) is 2.30. The van der Waals surface area contributed by atoms with E-state index < -0.39 is 5.54 Å². The molecule has 0 radical (unpaired) electrons. The normalized spacial score (nSPS) is 13.3. The molecule has 0 N–H and O–H groups in total. The van der Waals surface area contributed by atoms with E-state index in [0.717, 1.165) is 16.5 Å². The van der Waals surface area contributed by atoms with Gasteiger partial charge in [-0.1, -0.05) is 42.5 Å². The van der Waals surface area contributed by atoms with E-state index in [4.69, 9.17) is 0 Å². The van der Waals surface area contributed by atoms with Gasteiger partial charge >= 0.3 is 0 Å².